The second kappa shape index (κ2) is 3.32. The summed E-state index contributed by atoms with van der Waals surface area (Å²) < 4.78 is 5.63. The number of piperidine rings is 1. The molecule has 0 saturated carbocycles. The molecule has 2 saturated heterocycles. The number of likely N-dealkylation sites (tertiary alicyclic amines) is 1. The van der Waals surface area contributed by atoms with E-state index in [0.29, 0.717) is 5.60 Å². The Labute approximate surface area is 73.9 Å². The van der Waals surface area contributed by atoms with Gasteiger partial charge in [0, 0.05) is 26.2 Å². The lowest BCUT2D eigenvalue weighted by molar-refractivity contribution is -0.172. The third-order valence-electron chi connectivity index (χ3n) is 3.18. The van der Waals surface area contributed by atoms with Gasteiger partial charge in [0.15, 0.2) is 0 Å². The van der Waals surface area contributed by atoms with Gasteiger partial charge in [0.05, 0.1) is 12.2 Å². The first kappa shape index (κ1) is 8.48. The van der Waals surface area contributed by atoms with Gasteiger partial charge in [-0.25, -0.2) is 0 Å². The van der Waals surface area contributed by atoms with E-state index in [-0.39, 0.29) is 0 Å². The molecular weight excluding hydrogens is 152 g/mol. The number of hydrogen-bond acceptors (Lipinski definition) is 3. The van der Waals surface area contributed by atoms with E-state index in [4.69, 9.17) is 10.5 Å². The van der Waals surface area contributed by atoms with Crippen molar-refractivity contribution in [2.75, 3.05) is 32.8 Å². The summed E-state index contributed by atoms with van der Waals surface area (Å²) in [5.74, 6) is 0. The minimum Gasteiger partial charge on any atom is -0.375 e. The molecule has 2 aliphatic rings. The highest BCUT2D eigenvalue weighted by Gasteiger charge is 2.40. The van der Waals surface area contributed by atoms with Crippen molar-refractivity contribution in [3.05, 3.63) is 0 Å². The van der Waals surface area contributed by atoms with Crippen LogP contribution in [0.1, 0.15) is 19.3 Å². The Kier molecular flexibility index (Phi) is 2.35. The van der Waals surface area contributed by atoms with Crippen LogP contribution in [0, 0.1) is 0 Å². The van der Waals surface area contributed by atoms with Crippen molar-refractivity contribution in [3.8, 4) is 0 Å². The summed E-state index contributed by atoms with van der Waals surface area (Å²) in [5, 5.41) is 0. The fourth-order valence-electron chi connectivity index (χ4n) is 2.15. The lowest BCUT2D eigenvalue weighted by atomic mass is 9.84. The van der Waals surface area contributed by atoms with Gasteiger partial charge in [-0.15, -0.1) is 0 Å². The number of nitrogens with zero attached hydrogens (tertiary/aromatic N) is 1. The predicted octanol–water partition coefficient (Wildman–Crippen LogP) is 0.200. The Morgan fingerprint density at radius 2 is 1.92 bits per heavy atom. The van der Waals surface area contributed by atoms with Gasteiger partial charge in [-0.1, -0.05) is 0 Å². The minimum atomic E-state index is 0.297. The molecule has 0 aromatic rings. The highest BCUT2D eigenvalue weighted by atomic mass is 16.5. The molecule has 0 bridgehead atoms. The average molecular weight is 170 g/mol. The fourth-order valence-corrected chi connectivity index (χ4v) is 2.15. The first-order chi connectivity index (χ1) is 5.85. The Morgan fingerprint density at radius 3 is 2.33 bits per heavy atom. The first-order valence-electron chi connectivity index (χ1n) is 4.91. The summed E-state index contributed by atoms with van der Waals surface area (Å²) in [5.41, 5.74) is 5.80. The van der Waals surface area contributed by atoms with E-state index >= 15 is 0 Å². The molecule has 2 fully saturated rings. The zero-order valence-electron chi connectivity index (χ0n) is 7.59. The van der Waals surface area contributed by atoms with Crippen LogP contribution in [0.2, 0.25) is 0 Å². The maximum Gasteiger partial charge on any atom is 0.0728 e. The third kappa shape index (κ3) is 1.49. The molecule has 0 unspecified atom stereocenters. The second-order valence-electron chi connectivity index (χ2n) is 3.91. The van der Waals surface area contributed by atoms with Crippen molar-refractivity contribution in [3.63, 3.8) is 0 Å². The lowest BCUT2D eigenvalue weighted by Gasteiger charge is -2.47. The van der Waals surface area contributed by atoms with E-state index in [9.17, 15) is 0 Å². The molecule has 70 valence electrons. The standard InChI is InChI=1S/C9H18N2O/c10-4-7-11-5-1-9(2-6-11)3-8-12-9/h1-8,10H2. The Balaban J connectivity index is 1.77. The summed E-state index contributed by atoms with van der Waals surface area (Å²) in [6.07, 6.45) is 3.71. The Bertz CT molecular complexity index is 147. The van der Waals surface area contributed by atoms with Crippen molar-refractivity contribution in [2.24, 2.45) is 5.73 Å². The van der Waals surface area contributed by atoms with Gasteiger partial charge in [0.25, 0.3) is 0 Å². The average Bonchev–Trinajstić information content (AvgIpc) is 2.04. The van der Waals surface area contributed by atoms with E-state index in [1.807, 2.05) is 0 Å². The van der Waals surface area contributed by atoms with Crippen LogP contribution in [0.15, 0.2) is 0 Å². The van der Waals surface area contributed by atoms with Crippen LogP contribution in [0.3, 0.4) is 0 Å². The van der Waals surface area contributed by atoms with Gasteiger partial charge in [-0.3, -0.25) is 0 Å². The molecule has 0 aromatic carbocycles. The van der Waals surface area contributed by atoms with Gasteiger partial charge in [-0.05, 0) is 19.3 Å². The summed E-state index contributed by atoms with van der Waals surface area (Å²) in [6.45, 7) is 5.18. The van der Waals surface area contributed by atoms with Gasteiger partial charge >= 0.3 is 0 Å². The molecule has 0 radical (unpaired) electrons. The van der Waals surface area contributed by atoms with Gasteiger partial charge < -0.3 is 15.4 Å². The molecule has 3 heteroatoms. The molecule has 3 nitrogen and oxygen atoms in total. The number of nitrogens with two attached hydrogens (primary N) is 1. The highest BCUT2D eigenvalue weighted by Crippen LogP contribution is 2.36. The Hall–Kier alpha value is -0.120. The molecule has 0 aromatic heterocycles. The minimum absolute atomic E-state index is 0.297. The molecular formula is C9H18N2O. The molecule has 0 atom stereocenters. The molecule has 0 amide bonds. The Morgan fingerprint density at radius 1 is 1.25 bits per heavy atom. The molecule has 2 rings (SSSR count). The van der Waals surface area contributed by atoms with E-state index in [0.717, 1.165) is 19.7 Å². The van der Waals surface area contributed by atoms with Crippen molar-refractivity contribution < 1.29 is 4.74 Å². The number of ether oxygens (including phenoxy) is 1. The van der Waals surface area contributed by atoms with Crippen LogP contribution in [-0.2, 0) is 4.74 Å². The summed E-state index contributed by atoms with van der Waals surface area (Å²) in [7, 11) is 0. The largest absolute Gasteiger partial charge is 0.375 e. The summed E-state index contributed by atoms with van der Waals surface area (Å²) in [6, 6.07) is 0. The van der Waals surface area contributed by atoms with E-state index in [1.54, 1.807) is 0 Å². The summed E-state index contributed by atoms with van der Waals surface area (Å²) in [4.78, 5) is 2.44. The highest BCUT2D eigenvalue weighted by molar-refractivity contribution is 4.92. The van der Waals surface area contributed by atoms with E-state index in [1.165, 1.54) is 32.4 Å². The maximum atomic E-state index is 5.63. The van der Waals surface area contributed by atoms with Gasteiger partial charge in [0.2, 0.25) is 0 Å². The van der Waals surface area contributed by atoms with Crippen LogP contribution >= 0.6 is 0 Å². The van der Waals surface area contributed by atoms with Crippen molar-refractivity contribution >= 4 is 0 Å². The van der Waals surface area contributed by atoms with Crippen LogP contribution in [0.25, 0.3) is 0 Å². The molecule has 0 aliphatic carbocycles. The fraction of sp³-hybridized carbons (Fsp3) is 1.00. The van der Waals surface area contributed by atoms with E-state index < -0.39 is 0 Å². The summed E-state index contributed by atoms with van der Waals surface area (Å²) >= 11 is 0. The molecule has 1 spiro atoms. The first-order valence-corrected chi connectivity index (χ1v) is 4.91. The molecule has 2 aliphatic heterocycles. The lowest BCUT2D eigenvalue weighted by Crippen LogP contribution is -2.52. The van der Waals surface area contributed by atoms with Crippen LogP contribution in [0.5, 0.6) is 0 Å². The van der Waals surface area contributed by atoms with Gasteiger partial charge in [-0.2, -0.15) is 0 Å². The SMILES string of the molecule is NCCN1CCC2(CCO2)CC1. The van der Waals surface area contributed by atoms with Crippen molar-refractivity contribution in [2.45, 2.75) is 24.9 Å². The zero-order valence-corrected chi connectivity index (χ0v) is 7.59. The molecule has 12 heavy (non-hydrogen) atoms. The maximum absolute atomic E-state index is 5.63. The van der Waals surface area contributed by atoms with Crippen LogP contribution in [-0.4, -0.2) is 43.3 Å². The van der Waals surface area contributed by atoms with Gasteiger partial charge in [0.1, 0.15) is 0 Å². The molecule has 2 heterocycles. The monoisotopic (exact) mass is 170 g/mol. The normalized spacial score (nSPS) is 28.8. The van der Waals surface area contributed by atoms with Crippen molar-refractivity contribution in [1.82, 2.24) is 4.90 Å². The third-order valence-corrected chi connectivity index (χ3v) is 3.18. The number of rotatable bonds is 2. The smallest absolute Gasteiger partial charge is 0.0728 e. The van der Waals surface area contributed by atoms with Crippen molar-refractivity contribution in [1.29, 1.82) is 0 Å². The zero-order chi connectivity index (χ0) is 8.44. The van der Waals surface area contributed by atoms with Crippen LogP contribution < -0.4 is 5.73 Å². The van der Waals surface area contributed by atoms with E-state index in [2.05, 4.69) is 4.90 Å². The quantitative estimate of drug-likeness (QED) is 0.643. The van der Waals surface area contributed by atoms with Crippen LogP contribution in [0.4, 0.5) is 0 Å². The number of hydrogen-bond donors (Lipinski definition) is 1. The predicted molar refractivity (Wildman–Crippen MR) is 48.0 cm³/mol. The topological polar surface area (TPSA) is 38.5 Å². The second-order valence-corrected chi connectivity index (χ2v) is 3.91. The molecule has 2 N–H and O–H groups in total.